The van der Waals surface area contributed by atoms with Crippen molar-refractivity contribution >= 4 is 16.1 Å². The van der Waals surface area contributed by atoms with E-state index in [2.05, 4.69) is 44.7 Å². The Kier molecular flexibility index (Phi) is 6.23. The van der Waals surface area contributed by atoms with Gasteiger partial charge in [0.1, 0.15) is 10.5 Å². The van der Waals surface area contributed by atoms with Crippen molar-refractivity contribution in [2.24, 2.45) is 0 Å². The van der Waals surface area contributed by atoms with Crippen molar-refractivity contribution in [3.8, 4) is 0 Å². The van der Waals surface area contributed by atoms with Crippen LogP contribution >= 0.6 is 0 Å². The van der Waals surface area contributed by atoms with E-state index in [1.54, 1.807) is 0 Å². The minimum Gasteiger partial charge on any atom is -0.421 e. The molecule has 94 valence electrons. The maximum atomic E-state index is 5.61. The normalized spacial score (nSPS) is 12.6. The molecule has 0 fully saturated rings. The van der Waals surface area contributed by atoms with Gasteiger partial charge >= 0.3 is 0 Å². The highest BCUT2D eigenvalue weighted by Gasteiger charge is 2.13. The fraction of sp³-hybridized carbons (Fsp3) is 0.467. The smallest absolute Gasteiger partial charge is 0.146 e. The third-order valence-corrected chi connectivity index (χ3v) is 3.78. The summed E-state index contributed by atoms with van der Waals surface area (Å²) in [6.45, 7) is 8.62. The zero-order valence-corrected chi connectivity index (χ0v) is 13.3. The monoisotopic (exact) mass is 248 g/mol. The lowest BCUT2D eigenvalue weighted by Crippen LogP contribution is -2.12. The van der Waals surface area contributed by atoms with Crippen LogP contribution in [0.5, 0.6) is 0 Å². The highest BCUT2D eigenvalue weighted by atomic mass is 28.2. The van der Waals surface area contributed by atoms with Crippen molar-refractivity contribution in [2.75, 3.05) is 0 Å². The summed E-state index contributed by atoms with van der Waals surface area (Å²) in [5.41, 5.74) is 3.86. The van der Waals surface area contributed by atoms with E-state index in [0.717, 1.165) is 28.9 Å². The van der Waals surface area contributed by atoms with Crippen LogP contribution in [0, 0.1) is 0 Å². The molecule has 1 aromatic rings. The van der Waals surface area contributed by atoms with Gasteiger partial charge in [0, 0.05) is 0 Å². The quantitative estimate of drug-likeness (QED) is 0.674. The lowest BCUT2D eigenvalue weighted by molar-refractivity contribution is 0.279. The molecule has 0 radical (unpaired) electrons. The van der Waals surface area contributed by atoms with Crippen molar-refractivity contribution in [1.82, 2.24) is 0 Å². The van der Waals surface area contributed by atoms with Gasteiger partial charge in [-0.05, 0) is 36.0 Å². The first kappa shape index (κ1) is 14.2. The van der Waals surface area contributed by atoms with Gasteiger partial charge in [-0.1, -0.05) is 51.1 Å². The maximum absolute atomic E-state index is 5.61. The molecule has 1 unspecified atom stereocenters. The van der Waals surface area contributed by atoms with Crippen LogP contribution in [-0.2, 0) is 10.8 Å². The zero-order chi connectivity index (χ0) is 12.7. The van der Waals surface area contributed by atoms with Gasteiger partial charge in [-0.3, -0.25) is 0 Å². The molecule has 1 aromatic carbocycles. The Hall–Kier alpha value is -0.863. The molecular formula is C15H24OSi. The van der Waals surface area contributed by atoms with E-state index in [4.69, 9.17) is 4.43 Å². The van der Waals surface area contributed by atoms with Gasteiger partial charge in [-0.15, -0.1) is 0 Å². The van der Waals surface area contributed by atoms with Crippen LogP contribution in [0.4, 0.5) is 0 Å². The summed E-state index contributed by atoms with van der Waals surface area (Å²) in [7, 11) is 0.771. The van der Waals surface area contributed by atoms with Crippen molar-refractivity contribution in [3.63, 3.8) is 0 Å². The molecule has 0 aliphatic heterocycles. The van der Waals surface area contributed by atoms with Crippen molar-refractivity contribution in [3.05, 3.63) is 42.0 Å². The van der Waals surface area contributed by atoms with E-state index >= 15 is 0 Å². The molecule has 0 saturated heterocycles. The van der Waals surface area contributed by atoms with Gasteiger partial charge in [0.05, 0.1) is 6.10 Å². The van der Waals surface area contributed by atoms with Crippen LogP contribution in [0.15, 0.2) is 30.8 Å². The second-order valence-corrected chi connectivity index (χ2v) is 4.89. The summed E-state index contributed by atoms with van der Waals surface area (Å²) >= 11 is 0. The van der Waals surface area contributed by atoms with Crippen LogP contribution in [0.3, 0.4) is 0 Å². The highest BCUT2D eigenvalue weighted by molar-refractivity contribution is 5.98. The van der Waals surface area contributed by atoms with Gasteiger partial charge in [0.15, 0.2) is 0 Å². The van der Waals surface area contributed by atoms with Gasteiger partial charge < -0.3 is 4.43 Å². The topological polar surface area (TPSA) is 9.23 Å². The van der Waals surface area contributed by atoms with Crippen molar-refractivity contribution in [1.29, 1.82) is 0 Å². The van der Waals surface area contributed by atoms with Crippen molar-refractivity contribution < 1.29 is 4.43 Å². The van der Waals surface area contributed by atoms with Crippen LogP contribution in [0.2, 0.25) is 0 Å². The largest absolute Gasteiger partial charge is 0.421 e. The Bertz CT molecular complexity index is 356. The molecule has 0 aromatic heterocycles. The fourth-order valence-electron chi connectivity index (χ4n) is 2.15. The average Bonchev–Trinajstić information content (AvgIpc) is 2.38. The molecule has 0 heterocycles. The lowest BCUT2D eigenvalue weighted by Gasteiger charge is -2.19. The predicted molar refractivity (Wildman–Crippen MR) is 79.2 cm³/mol. The molecule has 0 aliphatic carbocycles. The molecule has 0 aliphatic rings. The number of aryl methyl sites for hydroxylation is 1. The van der Waals surface area contributed by atoms with Crippen LogP contribution < -0.4 is 0 Å². The van der Waals surface area contributed by atoms with Gasteiger partial charge in [0.2, 0.25) is 0 Å². The molecular weight excluding hydrogens is 224 g/mol. The van der Waals surface area contributed by atoms with Crippen molar-refractivity contribution in [2.45, 2.75) is 45.6 Å². The molecule has 1 nitrogen and oxygen atoms in total. The Morgan fingerprint density at radius 3 is 2.65 bits per heavy atom. The van der Waals surface area contributed by atoms with Crippen LogP contribution in [-0.4, -0.2) is 16.6 Å². The lowest BCUT2D eigenvalue weighted by atomic mass is 9.93. The summed E-state index contributed by atoms with van der Waals surface area (Å²) in [4.78, 5) is 0. The summed E-state index contributed by atoms with van der Waals surface area (Å²) in [5, 5.41) is 0. The molecule has 0 spiro atoms. The predicted octanol–water partition coefficient (Wildman–Crippen LogP) is 3.12. The summed E-state index contributed by atoms with van der Waals surface area (Å²) in [5.74, 6) is 0. The third kappa shape index (κ3) is 3.82. The van der Waals surface area contributed by atoms with Gasteiger partial charge in [-0.2, -0.15) is 0 Å². The molecule has 0 N–H and O–H groups in total. The molecule has 1 rings (SSSR count). The number of hydrogen-bond acceptors (Lipinski definition) is 1. The first-order valence-electron chi connectivity index (χ1n) is 6.54. The average molecular weight is 248 g/mol. The number of rotatable bonds is 7. The molecule has 17 heavy (non-hydrogen) atoms. The van der Waals surface area contributed by atoms with E-state index in [1.165, 1.54) is 24.0 Å². The summed E-state index contributed by atoms with van der Waals surface area (Å²) < 4.78 is 5.61. The minimum atomic E-state index is 0.199. The second-order valence-electron chi connectivity index (χ2n) is 4.42. The maximum Gasteiger partial charge on any atom is 0.146 e. The highest BCUT2D eigenvalue weighted by Crippen LogP contribution is 2.25. The van der Waals surface area contributed by atoms with E-state index in [9.17, 15) is 0 Å². The third-order valence-electron chi connectivity index (χ3n) is 3.21. The Morgan fingerprint density at radius 1 is 1.35 bits per heavy atom. The Morgan fingerprint density at radius 2 is 2.06 bits per heavy atom. The summed E-state index contributed by atoms with van der Waals surface area (Å²) in [6, 6.07) is 8.60. The van der Waals surface area contributed by atoms with Crippen LogP contribution in [0.25, 0.3) is 5.57 Å². The first-order valence-corrected chi connectivity index (χ1v) is 7.36. The second kappa shape index (κ2) is 7.46. The van der Waals surface area contributed by atoms with Gasteiger partial charge in [0.25, 0.3) is 0 Å². The zero-order valence-electron chi connectivity index (χ0n) is 11.3. The first-order chi connectivity index (χ1) is 8.24. The molecule has 0 bridgehead atoms. The summed E-state index contributed by atoms with van der Waals surface area (Å²) in [6.07, 6.45) is 4.82. The number of benzene rings is 1. The Balaban J connectivity index is 2.91. The molecule has 0 amide bonds. The number of hydrogen-bond donors (Lipinski definition) is 0. The molecule has 0 saturated carbocycles. The van der Waals surface area contributed by atoms with E-state index in [0.29, 0.717) is 0 Å². The van der Waals surface area contributed by atoms with E-state index in [1.807, 2.05) is 0 Å². The van der Waals surface area contributed by atoms with Gasteiger partial charge in [-0.25, -0.2) is 0 Å². The van der Waals surface area contributed by atoms with E-state index in [-0.39, 0.29) is 6.10 Å². The molecule has 2 heteroatoms. The molecule has 1 atom stereocenters. The standard InChI is InChI=1S/C15H24OSi/c1-4-6-9-13-10-7-8-11-14(13)12(3)15(5-2)16-17/h7-8,10-11,15H,3-6,9H2,1-2,17H3. The Labute approximate surface area is 108 Å². The fourth-order valence-corrected chi connectivity index (χ4v) is 2.77. The van der Waals surface area contributed by atoms with Crippen LogP contribution in [0.1, 0.15) is 44.2 Å². The minimum absolute atomic E-state index is 0.199. The van der Waals surface area contributed by atoms with E-state index < -0.39 is 0 Å². The SMILES string of the molecule is C=C(c1ccccc1CCCC)C(CC)O[SiH3]. The number of unbranched alkanes of at least 4 members (excludes halogenated alkanes) is 1.